The second kappa shape index (κ2) is 29.1. The minimum atomic E-state index is -2.92. The third-order valence-electron chi connectivity index (χ3n) is 18.5. The number of aliphatic hydroxyl groups excluding tert-OH is 1. The molecule has 2 aromatic carbocycles. The molecule has 1 spiro atoms. The normalized spacial score (nSPS) is 30.7. The first-order chi connectivity index (χ1) is 40.4. The number of aliphatic carboxylic acids is 1. The summed E-state index contributed by atoms with van der Waals surface area (Å²) >= 11 is 0. The number of esters is 1. The molecule has 1 saturated carbocycles. The molecule has 0 unspecified atom stereocenters. The summed E-state index contributed by atoms with van der Waals surface area (Å²) < 4.78 is 65.4. The highest BCUT2D eigenvalue weighted by Crippen LogP contribution is 2.48. The third-order valence-corrected chi connectivity index (χ3v) is 23.5. The number of Topliss-reactive ketones (excluding diaryl/α,β-unsaturated/α-hetero) is 1. The van der Waals surface area contributed by atoms with Gasteiger partial charge in [-0.3, -0.25) is 9.69 Å². The standard InChI is InChI=1S/C68H103NO16Si/c1-42(33-43(2)35-55(77-15)61-56(78-16)37-45(4)60(80-61)58(71)62(72)73)34-48-39-49(70)41-79-68(48)40-57(82-67(12,13)85-68)46(5)59(81-63(74)52-29-23-24-32-69(52)64(75)83-65(6,7)8)44(3)36-47-30-31-53(54(38-47)76-14)84-86(66(9,10)11,50-25-19-17-20-26-50)51-27-21-18-22-28-51/h17-22,25-28,34,36,43,45-48,52-61,71H,23-24,29-33,35,37-41H2,1-16H3,(H,72,73)/b42-34+,44-36+/t43-,45+,46+,47-,48-,52-,53+,54+,55-,56-,57-,58+,59+,60+,61+,68+/m0/s1. The van der Waals surface area contributed by atoms with Gasteiger partial charge in [-0.25, -0.2) is 14.4 Å². The van der Waals surface area contributed by atoms with Crippen LogP contribution in [0.25, 0.3) is 0 Å². The van der Waals surface area contributed by atoms with Gasteiger partial charge in [0.1, 0.15) is 30.5 Å². The number of piperidine rings is 1. The van der Waals surface area contributed by atoms with Gasteiger partial charge in [-0.15, -0.1) is 0 Å². The minimum Gasteiger partial charge on any atom is -0.479 e. The van der Waals surface area contributed by atoms with Gasteiger partial charge in [0.2, 0.25) is 0 Å². The topological polar surface area (TPSA) is 204 Å². The van der Waals surface area contributed by atoms with Crippen LogP contribution in [-0.4, -0.2) is 160 Å². The predicted octanol–water partition coefficient (Wildman–Crippen LogP) is 10.5. The average molecular weight is 1220 g/mol. The maximum Gasteiger partial charge on any atom is 0.411 e. The summed E-state index contributed by atoms with van der Waals surface area (Å²) in [5.41, 5.74) is 1.07. The zero-order chi connectivity index (χ0) is 63.1. The molecular weight excluding hydrogens is 1110 g/mol. The number of allylic oxidation sites excluding steroid dienone is 2. The van der Waals surface area contributed by atoms with E-state index in [1.54, 1.807) is 21.3 Å². The van der Waals surface area contributed by atoms with Gasteiger partial charge in [0.05, 0.1) is 36.6 Å². The molecule has 5 aliphatic rings. The Morgan fingerprint density at radius 3 is 2.07 bits per heavy atom. The maximum absolute atomic E-state index is 14.9. The Morgan fingerprint density at radius 1 is 0.849 bits per heavy atom. The lowest BCUT2D eigenvalue weighted by molar-refractivity contribution is -0.419. The van der Waals surface area contributed by atoms with E-state index in [0.29, 0.717) is 38.6 Å². The number of nitrogens with zero attached hydrogens (tertiary/aromatic N) is 1. The Hall–Kier alpha value is -4.34. The lowest BCUT2D eigenvalue weighted by Crippen LogP contribution is -2.68. The van der Waals surface area contributed by atoms with Gasteiger partial charge in [0.25, 0.3) is 8.32 Å². The molecule has 18 heteroatoms. The Bertz CT molecular complexity index is 2600. The number of carbonyl (C=O) groups excluding carboxylic acids is 3. The molecule has 5 fully saturated rings. The lowest BCUT2D eigenvalue weighted by Gasteiger charge is -2.53. The highest BCUT2D eigenvalue weighted by molar-refractivity contribution is 6.99. The van der Waals surface area contributed by atoms with Crippen molar-refractivity contribution in [3.63, 3.8) is 0 Å². The summed E-state index contributed by atoms with van der Waals surface area (Å²) in [5.74, 6) is -5.64. The minimum absolute atomic E-state index is 0.0281. The number of hydrogen-bond acceptors (Lipinski definition) is 15. The number of ether oxygens (including phenoxy) is 9. The summed E-state index contributed by atoms with van der Waals surface area (Å²) in [6.07, 6.45) is 3.93. The largest absolute Gasteiger partial charge is 0.479 e. The zero-order valence-corrected chi connectivity index (χ0v) is 55.3. The fraction of sp³-hybridized carbons (Fsp3) is 0.706. The van der Waals surface area contributed by atoms with Crippen LogP contribution in [0.15, 0.2) is 84.0 Å². The number of aliphatic hydroxyl groups is 1. The second-order valence-corrected chi connectivity index (χ2v) is 32.2. The maximum atomic E-state index is 14.9. The number of carboxylic acid groups (broad SMARTS) is 1. The van der Waals surface area contributed by atoms with Gasteiger partial charge in [-0.1, -0.05) is 120 Å². The molecule has 7 rings (SSSR count). The molecule has 4 heterocycles. The summed E-state index contributed by atoms with van der Waals surface area (Å²) in [7, 11) is 2.03. The van der Waals surface area contributed by atoms with Gasteiger partial charge < -0.3 is 57.3 Å². The molecule has 0 radical (unpaired) electrons. The van der Waals surface area contributed by atoms with Crippen molar-refractivity contribution in [3.05, 3.63) is 84.0 Å². The Balaban J connectivity index is 1.17. The summed E-state index contributed by atoms with van der Waals surface area (Å²) in [4.78, 5) is 55.6. The number of benzene rings is 2. The van der Waals surface area contributed by atoms with Crippen molar-refractivity contribution in [2.24, 2.45) is 29.6 Å². The van der Waals surface area contributed by atoms with E-state index in [2.05, 4.69) is 101 Å². The van der Waals surface area contributed by atoms with Crippen molar-refractivity contribution in [1.82, 2.24) is 4.90 Å². The molecule has 0 aromatic heterocycles. The monoisotopic (exact) mass is 1220 g/mol. The van der Waals surface area contributed by atoms with Gasteiger partial charge in [0.15, 0.2) is 23.5 Å². The average Bonchev–Trinajstić information content (AvgIpc) is 0.979. The Kier molecular flexibility index (Phi) is 23.4. The molecule has 0 bridgehead atoms. The van der Waals surface area contributed by atoms with Crippen LogP contribution in [0.4, 0.5) is 4.79 Å². The number of ketones is 1. The quantitative estimate of drug-likeness (QED) is 0.0678. The van der Waals surface area contributed by atoms with Crippen LogP contribution >= 0.6 is 0 Å². The molecule has 480 valence electrons. The van der Waals surface area contributed by atoms with Crippen molar-refractivity contribution in [1.29, 1.82) is 0 Å². The number of likely N-dealkylation sites (tertiary alicyclic amines) is 1. The van der Waals surface area contributed by atoms with Crippen LogP contribution in [0.5, 0.6) is 0 Å². The zero-order valence-electron chi connectivity index (χ0n) is 54.3. The first kappa shape index (κ1) is 69.1. The number of amides is 1. The van der Waals surface area contributed by atoms with Crippen molar-refractivity contribution >= 4 is 42.5 Å². The number of rotatable bonds is 21. The predicted molar refractivity (Wildman–Crippen MR) is 330 cm³/mol. The molecular formula is C68H103NO16Si. The molecule has 17 nitrogen and oxygen atoms in total. The SMILES string of the molecule is CO[C@@H](C[C@@H](C)C/C(C)=C/[C@H]1CC(=O)CO[C@@]12C[C@@H]([C@@H](C)[C@H](OC(=O)[C@@H]1CCCCN1C(=O)OC(C)(C)C)/C(C)=C/[C@@H]1CC[C@@H](O[Si](c3ccccc3)(c3ccccc3)C(C)(C)C)[C@H](OC)C1)OC(C)(C)O2)[C@H]1O[C@@H]([C@@H](O)C(=O)O)[C@H](C)C[C@@H]1OC. The second-order valence-electron chi connectivity index (χ2n) is 28.0. The highest BCUT2D eigenvalue weighted by atomic mass is 28.4. The van der Waals surface area contributed by atoms with E-state index in [4.69, 9.17) is 47.1 Å². The van der Waals surface area contributed by atoms with Crippen LogP contribution in [-0.2, 0) is 61.4 Å². The van der Waals surface area contributed by atoms with E-state index in [1.165, 1.54) is 15.3 Å². The molecule has 1 aliphatic carbocycles. The lowest BCUT2D eigenvalue weighted by atomic mass is 9.78. The first-order valence-corrected chi connectivity index (χ1v) is 33.4. The fourth-order valence-electron chi connectivity index (χ4n) is 14.4. The van der Waals surface area contributed by atoms with Crippen LogP contribution in [0.3, 0.4) is 0 Å². The van der Waals surface area contributed by atoms with E-state index in [9.17, 15) is 29.4 Å². The Labute approximate surface area is 513 Å². The summed E-state index contributed by atoms with van der Waals surface area (Å²) in [6.45, 7) is 26.2. The van der Waals surface area contributed by atoms with Crippen molar-refractivity contribution < 1.29 is 76.4 Å². The number of hydrogen-bond donors (Lipinski definition) is 2. The molecule has 4 saturated heterocycles. The van der Waals surface area contributed by atoms with E-state index in [0.717, 1.165) is 36.8 Å². The van der Waals surface area contributed by atoms with Crippen LogP contribution < -0.4 is 10.4 Å². The van der Waals surface area contributed by atoms with E-state index in [-0.39, 0.29) is 66.3 Å². The van der Waals surface area contributed by atoms with E-state index >= 15 is 0 Å². The van der Waals surface area contributed by atoms with Crippen LogP contribution in [0.1, 0.15) is 161 Å². The molecule has 16 atom stereocenters. The molecule has 2 N–H and O–H groups in total. The van der Waals surface area contributed by atoms with Crippen molar-refractivity contribution in [2.45, 2.75) is 244 Å². The fourth-order valence-corrected chi connectivity index (χ4v) is 19.2. The molecule has 2 aromatic rings. The van der Waals surface area contributed by atoms with Crippen molar-refractivity contribution in [2.75, 3.05) is 34.5 Å². The van der Waals surface area contributed by atoms with Crippen LogP contribution in [0, 0.1) is 29.6 Å². The first-order valence-electron chi connectivity index (χ1n) is 31.5. The third kappa shape index (κ3) is 16.5. The summed E-state index contributed by atoms with van der Waals surface area (Å²) in [5, 5.41) is 22.4. The van der Waals surface area contributed by atoms with Gasteiger partial charge in [0, 0.05) is 52.6 Å². The highest BCUT2D eigenvalue weighted by Gasteiger charge is 2.57. The van der Waals surface area contributed by atoms with Gasteiger partial charge in [-0.2, -0.15) is 0 Å². The molecule has 1 amide bonds. The van der Waals surface area contributed by atoms with Gasteiger partial charge in [-0.05, 0) is 145 Å². The van der Waals surface area contributed by atoms with E-state index < -0.39 is 98.0 Å². The number of methoxy groups -OCH3 is 3. The number of carboxylic acids is 1. The van der Waals surface area contributed by atoms with Gasteiger partial charge >= 0.3 is 18.0 Å². The molecule has 4 aliphatic heterocycles. The summed E-state index contributed by atoms with van der Waals surface area (Å²) in [6, 6.07) is 20.5. The van der Waals surface area contributed by atoms with Crippen molar-refractivity contribution in [3.8, 4) is 0 Å². The molecule has 86 heavy (non-hydrogen) atoms. The Morgan fingerprint density at radius 2 is 1.49 bits per heavy atom. The van der Waals surface area contributed by atoms with E-state index in [1.807, 2.05) is 62.3 Å². The smallest absolute Gasteiger partial charge is 0.411 e. The number of carbonyl (C=O) groups is 4. The van der Waals surface area contributed by atoms with Crippen LogP contribution in [0.2, 0.25) is 5.04 Å².